The molecule has 1 aliphatic heterocycles. The van der Waals surface area contributed by atoms with Crippen LogP contribution in [0.25, 0.3) is 11.1 Å². The summed E-state index contributed by atoms with van der Waals surface area (Å²) in [5.74, 6) is -0.918. The molecule has 170 valence electrons. The molecule has 4 rings (SSSR count). The number of urea groups is 1. The van der Waals surface area contributed by atoms with Gasteiger partial charge in [-0.1, -0.05) is 30.3 Å². The molecule has 0 atom stereocenters. The van der Waals surface area contributed by atoms with E-state index in [1.54, 1.807) is 32.3 Å². The van der Waals surface area contributed by atoms with E-state index >= 15 is 0 Å². The van der Waals surface area contributed by atoms with Crippen LogP contribution in [0.3, 0.4) is 0 Å². The van der Waals surface area contributed by atoms with Gasteiger partial charge in [0.05, 0.1) is 5.69 Å². The van der Waals surface area contributed by atoms with Crippen molar-refractivity contribution in [1.82, 2.24) is 9.88 Å². The molecule has 0 spiro atoms. The predicted molar refractivity (Wildman–Crippen MR) is 115 cm³/mol. The highest BCUT2D eigenvalue weighted by Crippen LogP contribution is 2.36. The number of pyridine rings is 1. The van der Waals surface area contributed by atoms with Crippen LogP contribution in [0, 0.1) is 0 Å². The van der Waals surface area contributed by atoms with Crippen LogP contribution < -0.4 is 9.64 Å². The van der Waals surface area contributed by atoms with Gasteiger partial charge in [-0.3, -0.25) is 9.78 Å². The van der Waals surface area contributed by atoms with Crippen LogP contribution in [0.4, 0.5) is 23.7 Å². The fraction of sp³-hybridized carbons (Fsp3) is 0.208. The van der Waals surface area contributed by atoms with Crippen molar-refractivity contribution in [3.8, 4) is 16.9 Å². The minimum Gasteiger partial charge on any atom is -0.406 e. The normalized spacial score (nSPS) is 15.8. The molecule has 3 amide bonds. The highest BCUT2D eigenvalue weighted by atomic mass is 19.4. The standard InChI is InChI=1S/C24H20F3N3O3/c1-23(2)21(31)30(18-8-10-19(11-9-18)33-24(25,26)27)22(32)29(23)15-17-12-13-28-14-20(17)16-6-4-3-5-7-16/h3-14H,15H2,1-2H3. The van der Waals surface area contributed by atoms with Gasteiger partial charge in [0.25, 0.3) is 5.91 Å². The third kappa shape index (κ3) is 4.39. The number of nitrogens with zero attached hydrogens (tertiary/aromatic N) is 3. The van der Waals surface area contributed by atoms with Gasteiger partial charge in [0.1, 0.15) is 11.3 Å². The number of alkyl halides is 3. The summed E-state index contributed by atoms with van der Waals surface area (Å²) in [5, 5.41) is 0. The minimum atomic E-state index is -4.83. The van der Waals surface area contributed by atoms with Gasteiger partial charge < -0.3 is 9.64 Å². The molecule has 0 N–H and O–H groups in total. The van der Waals surface area contributed by atoms with Gasteiger partial charge in [0.15, 0.2) is 0 Å². The number of imide groups is 1. The second-order valence-electron chi connectivity index (χ2n) is 8.01. The number of rotatable bonds is 5. The second kappa shape index (κ2) is 8.23. The van der Waals surface area contributed by atoms with Crippen molar-refractivity contribution in [1.29, 1.82) is 0 Å². The molecule has 1 saturated heterocycles. The van der Waals surface area contributed by atoms with Crippen molar-refractivity contribution in [2.75, 3.05) is 4.90 Å². The lowest BCUT2D eigenvalue weighted by atomic mass is 9.99. The molecular formula is C24H20F3N3O3. The summed E-state index contributed by atoms with van der Waals surface area (Å²) in [6, 6.07) is 15.4. The van der Waals surface area contributed by atoms with Gasteiger partial charge in [-0.05, 0) is 55.3 Å². The number of benzene rings is 2. The van der Waals surface area contributed by atoms with Gasteiger partial charge >= 0.3 is 12.4 Å². The van der Waals surface area contributed by atoms with E-state index in [1.807, 2.05) is 30.3 Å². The van der Waals surface area contributed by atoms with Gasteiger partial charge in [-0.15, -0.1) is 13.2 Å². The molecule has 2 heterocycles. The average molecular weight is 455 g/mol. The van der Waals surface area contributed by atoms with Crippen molar-refractivity contribution in [3.63, 3.8) is 0 Å². The summed E-state index contributed by atoms with van der Waals surface area (Å²) in [5.41, 5.74) is 1.55. The number of hydrogen-bond acceptors (Lipinski definition) is 4. The lowest BCUT2D eigenvalue weighted by Gasteiger charge is -2.28. The minimum absolute atomic E-state index is 0.149. The zero-order valence-electron chi connectivity index (χ0n) is 17.8. The number of hydrogen-bond donors (Lipinski definition) is 0. The molecule has 0 saturated carbocycles. The second-order valence-corrected chi connectivity index (χ2v) is 8.01. The molecule has 3 aromatic rings. The number of carbonyl (C=O) groups is 2. The maximum absolute atomic E-state index is 13.3. The van der Waals surface area contributed by atoms with E-state index in [0.29, 0.717) is 0 Å². The van der Waals surface area contributed by atoms with Gasteiger partial charge in [-0.2, -0.15) is 0 Å². The number of anilines is 1. The Labute approximate surface area is 188 Å². The summed E-state index contributed by atoms with van der Waals surface area (Å²) >= 11 is 0. The monoisotopic (exact) mass is 455 g/mol. The molecule has 0 aliphatic carbocycles. The molecule has 0 radical (unpaired) electrons. The molecule has 1 fully saturated rings. The first-order chi connectivity index (χ1) is 15.6. The van der Waals surface area contributed by atoms with E-state index in [9.17, 15) is 22.8 Å². The molecule has 2 aromatic carbocycles. The van der Waals surface area contributed by atoms with Crippen LogP contribution in [-0.4, -0.2) is 33.7 Å². The Morgan fingerprint density at radius 3 is 2.27 bits per heavy atom. The summed E-state index contributed by atoms with van der Waals surface area (Å²) in [4.78, 5) is 33.1. The lowest BCUT2D eigenvalue weighted by molar-refractivity contribution is -0.274. The van der Waals surface area contributed by atoms with Crippen molar-refractivity contribution < 1.29 is 27.5 Å². The van der Waals surface area contributed by atoms with E-state index in [0.717, 1.165) is 33.7 Å². The quantitative estimate of drug-likeness (QED) is 0.484. The van der Waals surface area contributed by atoms with E-state index in [-0.39, 0.29) is 12.2 Å². The molecule has 1 aliphatic rings. The predicted octanol–water partition coefficient (Wildman–Crippen LogP) is 5.39. The van der Waals surface area contributed by atoms with E-state index in [4.69, 9.17) is 0 Å². The van der Waals surface area contributed by atoms with E-state index in [1.165, 1.54) is 17.0 Å². The van der Waals surface area contributed by atoms with Crippen LogP contribution in [0.5, 0.6) is 5.75 Å². The Bertz CT molecular complexity index is 1180. The van der Waals surface area contributed by atoms with Gasteiger partial charge in [0.2, 0.25) is 0 Å². The van der Waals surface area contributed by atoms with Gasteiger partial charge in [0, 0.05) is 24.5 Å². The van der Waals surface area contributed by atoms with Crippen LogP contribution in [0.1, 0.15) is 19.4 Å². The molecule has 33 heavy (non-hydrogen) atoms. The van der Waals surface area contributed by atoms with Crippen molar-refractivity contribution in [2.24, 2.45) is 0 Å². The topological polar surface area (TPSA) is 62.7 Å². The SMILES string of the molecule is CC1(C)C(=O)N(c2ccc(OC(F)(F)F)cc2)C(=O)N1Cc1ccncc1-c1ccccc1. The number of halogens is 3. The Balaban J connectivity index is 1.63. The first-order valence-electron chi connectivity index (χ1n) is 10.1. The van der Waals surface area contributed by atoms with Crippen molar-refractivity contribution >= 4 is 17.6 Å². The highest BCUT2D eigenvalue weighted by molar-refractivity contribution is 6.22. The molecule has 0 unspecified atom stereocenters. The summed E-state index contributed by atoms with van der Waals surface area (Å²) in [6.07, 6.45) is -1.51. The Kier molecular flexibility index (Phi) is 5.57. The van der Waals surface area contributed by atoms with E-state index < -0.39 is 29.6 Å². The number of carbonyl (C=O) groups excluding carboxylic acids is 2. The van der Waals surface area contributed by atoms with Gasteiger partial charge in [-0.25, -0.2) is 9.69 Å². The summed E-state index contributed by atoms with van der Waals surface area (Å²) in [7, 11) is 0. The van der Waals surface area contributed by atoms with Crippen molar-refractivity contribution in [3.05, 3.63) is 78.6 Å². The Morgan fingerprint density at radius 1 is 0.970 bits per heavy atom. The fourth-order valence-corrected chi connectivity index (χ4v) is 3.73. The Morgan fingerprint density at radius 2 is 1.64 bits per heavy atom. The van der Waals surface area contributed by atoms with Crippen molar-refractivity contribution in [2.45, 2.75) is 32.3 Å². The third-order valence-electron chi connectivity index (χ3n) is 5.48. The number of aromatic nitrogens is 1. The van der Waals surface area contributed by atoms with Crippen LogP contribution >= 0.6 is 0 Å². The zero-order chi connectivity index (χ0) is 23.8. The molecular weight excluding hydrogens is 435 g/mol. The fourth-order valence-electron chi connectivity index (χ4n) is 3.73. The first-order valence-corrected chi connectivity index (χ1v) is 10.1. The third-order valence-corrected chi connectivity index (χ3v) is 5.48. The average Bonchev–Trinajstić information content (AvgIpc) is 2.94. The molecule has 1 aromatic heterocycles. The molecule has 0 bridgehead atoms. The maximum Gasteiger partial charge on any atom is 0.573 e. The molecule has 9 heteroatoms. The number of amides is 3. The highest BCUT2D eigenvalue weighted by Gasteiger charge is 2.51. The number of ether oxygens (including phenoxy) is 1. The maximum atomic E-state index is 13.3. The van der Waals surface area contributed by atoms with Crippen LogP contribution in [0.2, 0.25) is 0 Å². The first kappa shape index (κ1) is 22.3. The molecule has 6 nitrogen and oxygen atoms in total. The largest absolute Gasteiger partial charge is 0.573 e. The van der Waals surface area contributed by atoms with E-state index in [2.05, 4.69) is 9.72 Å². The van der Waals surface area contributed by atoms with Crippen LogP contribution in [-0.2, 0) is 11.3 Å². The Hall–Kier alpha value is -3.88. The van der Waals surface area contributed by atoms with Crippen LogP contribution in [0.15, 0.2) is 73.1 Å². The summed E-state index contributed by atoms with van der Waals surface area (Å²) in [6.45, 7) is 3.42. The zero-order valence-corrected chi connectivity index (χ0v) is 17.8. The smallest absolute Gasteiger partial charge is 0.406 e. The summed E-state index contributed by atoms with van der Waals surface area (Å²) < 4.78 is 41.2. The lowest BCUT2D eigenvalue weighted by Crippen LogP contribution is -2.43.